The lowest BCUT2D eigenvalue weighted by Crippen LogP contribution is -2.45. The van der Waals surface area contributed by atoms with Crippen molar-refractivity contribution < 1.29 is 4.74 Å². The summed E-state index contributed by atoms with van der Waals surface area (Å²) in [6.45, 7) is 7.15. The lowest BCUT2D eigenvalue weighted by atomic mass is 9.87. The average Bonchev–Trinajstić information content (AvgIpc) is 3.14. The van der Waals surface area contributed by atoms with E-state index in [-0.39, 0.29) is 0 Å². The van der Waals surface area contributed by atoms with Crippen molar-refractivity contribution in [1.29, 1.82) is 0 Å². The van der Waals surface area contributed by atoms with Crippen LogP contribution >= 0.6 is 0 Å². The van der Waals surface area contributed by atoms with Gasteiger partial charge in [-0.1, -0.05) is 19.3 Å². The summed E-state index contributed by atoms with van der Waals surface area (Å²) >= 11 is 0. The Morgan fingerprint density at radius 2 is 2.00 bits per heavy atom. The smallest absolute Gasteiger partial charge is 0.0562 e. The summed E-state index contributed by atoms with van der Waals surface area (Å²) in [5, 5.41) is 4.79. The molecule has 0 aromatic carbocycles. The highest BCUT2D eigenvalue weighted by atomic mass is 16.5. The zero-order valence-corrected chi connectivity index (χ0v) is 14.5. The molecule has 23 heavy (non-hydrogen) atoms. The number of aromatic nitrogens is 2. The van der Waals surface area contributed by atoms with Crippen LogP contribution in [-0.2, 0) is 17.8 Å². The van der Waals surface area contributed by atoms with E-state index in [2.05, 4.69) is 22.7 Å². The molecule has 0 N–H and O–H groups in total. The van der Waals surface area contributed by atoms with Gasteiger partial charge in [0.2, 0.25) is 0 Å². The first-order valence-electron chi connectivity index (χ1n) is 9.71. The van der Waals surface area contributed by atoms with Crippen molar-refractivity contribution in [2.24, 2.45) is 5.92 Å². The Labute approximate surface area is 140 Å². The molecule has 1 atom stereocenters. The Bertz CT molecular complexity index is 517. The second kappa shape index (κ2) is 6.94. The van der Waals surface area contributed by atoms with Crippen molar-refractivity contribution in [2.45, 2.75) is 76.9 Å². The van der Waals surface area contributed by atoms with Gasteiger partial charge in [0.15, 0.2) is 0 Å². The van der Waals surface area contributed by atoms with E-state index in [0.717, 1.165) is 44.8 Å². The van der Waals surface area contributed by atoms with Crippen LogP contribution in [0.15, 0.2) is 6.20 Å². The molecule has 0 spiro atoms. The van der Waals surface area contributed by atoms with Crippen molar-refractivity contribution in [3.8, 4) is 0 Å². The van der Waals surface area contributed by atoms with Gasteiger partial charge >= 0.3 is 0 Å². The van der Waals surface area contributed by atoms with Crippen LogP contribution in [0.1, 0.15) is 69.0 Å². The van der Waals surface area contributed by atoms with Gasteiger partial charge in [-0.05, 0) is 38.5 Å². The number of rotatable bonds is 6. The van der Waals surface area contributed by atoms with Crippen molar-refractivity contribution in [3.63, 3.8) is 0 Å². The quantitative estimate of drug-likeness (QED) is 0.803. The fourth-order valence-corrected chi connectivity index (χ4v) is 4.69. The van der Waals surface area contributed by atoms with Crippen LogP contribution < -0.4 is 0 Å². The number of fused-ring (bicyclic) bond motifs is 1. The van der Waals surface area contributed by atoms with E-state index >= 15 is 0 Å². The van der Waals surface area contributed by atoms with Crippen molar-refractivity contribution in [3.05, 3.63) is 17.5 Å². The molecule has 1 aromatic heterocycles. The molecular formula is C19H31N3O. The minimum Gasteiger partial charge on any atom is -0.381 e. The highest BCUT2D eigenvalue weighted by Gasteiger charge is 2.35. The summed E-state index contributed by atoms with van der Waals surface area (Å²) in [5.41, 5.74) is 2.95. The lowest BCUT2D eigenvalue weighted by molar-refractivity contribution is 0.0645. The zero-order chi connectivity index (χ0) is 15.6. The molecule has 2 fully saturated rings. The number of nitrogens with zero attached hydrogens (tertiary/aromatic N) is 3. The molecule has 4 rings (SSSR count). The van der Waals surface area contributed by atoms with Gasteiger partial charge in [-0.15, -0.1) is 0 Å². The number of hydrogen-bond donors (Lipinski definition) is 0. The maximum Gasteiger partial charge on any atom is 0.0562 e. The topological polar surface area (TPSA) is 30.3 Å². The normalized spacial score (nSPS) is 26.4. The molecule has 4 heteroatoms. The van der Waals surface area contributed by atoms with E-state index in [4.69, 9.17) is 9.84 Å². The van der Waals surface area contributed by atoms with Gasteiger partial charge in [0.1, 0.15) is 0 Å². The van der Waals surface area contributed by atoms with Gasteiger partial charge in [-0.2, -0.15) is 5.10 Å². The molecular weight excluding hydrogens is 286 g/mol. The van der Waals surface area contributed by atoms with Crippen molar-refractivity contribution in [1.82, 2.24) is 14.7 Å². The van der Waals surface area contributed by atoms with Gasteiger partial charge in [-0.3, -0.25) is 9.58 Å². The minimum atomic E-state index is 0.503. The summed E-state index contributed by atoms with van der Waals surface area (Å²) < 4.78 is 8.18. The fourth-order valence-electron chi connectivity index (χ4n) is 4.69. The van der Waals surface area contributed by atoms with Crippen LogP contribution in [0, 0.1) is 5.92 Å². The highest BCUT2D eigenvalue weighted by Crippen LogP contribution is 2.36. The summed E-state index contributed by atoms with van der Waals surface area (Å²) in [6, 6.07) is 0.811. The molecule has 2 saturated carbocycles. The van der Waals surface area contributed by atoms with Crippen LogP contribution in [-0.4, -0.2) is 40.5 Å². The maximum absolute atomic E-state index is 5.84. The first-order valence-corrected chi connectivity index (χ1v) is 9.71. The second-order valence-corrected chi connectivity index (χ2v) is 7.76. The fraction of sp³-hybridized carbons (Fsp3) is 0.842. The van der Waals surface area contributed by atoms with E-state index in [9.17, 15) is 0 Å². The van der Waals surface area contributed by atoms with E-state index in [0.29, 0.717) is 5.92 Å². The van der Waals surface area contributed by atoms with E-state index in [1.807, 2.05) is 0 Å². The van der Waals surface area contributed by atoms with Gasteiger partial charge < -0.3 is 4.74 Å². The summed E-state index contributed by atoms with van der Waals surface area (Å²) in [7, 11) is 0. The molecule has 1 unspecified atom stereocenters. The Hall–Kier alpha value is -0.870. The predicted octanol–water partition coefficient (Wildman–Crippen LogP) is 3.56. The molecule has 1 aliphatic heterocycles. The van der Waals surface area contributed by atoms with Gasteiger partial charge in [0.05, 0.1) is 12.8 Å². The molecule has 128 valence electrons. The maximum atomic E-state index is 5.84. The van der Waals surface area contributed by atoms with Gasteiger partial charge in [0.25, 0.3) is 0 Å². The van der Waals surface area contributed by atoms with Crippen LogP contribution in [0.5, 0.6) is 0 Å². The van der Waals surface area contributed by atoms with Crippen LogP contribution in [0.4, 0.5) is 0 Å². The zero-order valence-electron chi connectivity index (χ0n) is 14.5. The number of ether oxygens (including phenoxy) is 1. The van der Waals surface area contributed by atoms with Gasteiger partial charge in [0, 0.05) is 49.5 Å². The standard InChI is InChI=1S/C19H31N3O/c1-2-23-14-17-13-21(18-8-5-9-18)12-16-10-20-22(19(16)17)11-15-6-3-4-7-15/h10,15,17-18H,2-9,11-14H2,1H3. The van der Waals surface area contributed by atoms with E-state index < -0.39 is 0 Å². The Morgan fingerprint density at radius 3 is 2.70 bits per heavy atom. The van der Waals surface area contributed by atoms with Crippen molar-refractivity contribution >= 4 is 0 Å². The highest BCUT2D eigenvalue weighted by molar-refractivity contribution is 5.26. The molecule has 2 aliphatic carbocycles. The molecule has 0 radical (unpaired) electrons. The minimum absolute atomic E-state index is 0.503. The monoisotopic (exact) mass is 317 g/mol. The SMILES string of the molecule is CCOCC1CN(C2CCC2)Cc2cnn(CC3CCCC3)c21. The first-order chi connectivity index (χ1) is 11.3. The van der Waals surface area contributed by atoms with Gasteiger partial charge in [-0.25, -0.2) is 0 Å². The molecule has 0 amide bonds. The third kappa shape index (κ3) is 3.20. The predicted molar refractivity (Wildman–Crippen MR) is 91.5 cm³/mol. The Balaban J connectivity index is 1.53. The van der Waals surface area contributed by atoms with E-state index in [1.54, 1.807) is 0 Å². The van der Waals surface area contributed by atoms with Crippen LogP contribution in [0.25, 0.3) is 0 Å². The molecule has 2 heterocycles. The molecule has 0 saturated heterocycles. The van der Waals surface area contributed by atoms with E-state index in [1.165, 1.54) is 56.2 Å². The number of hydrogen-bond acceptors (Lipinski definition) is 3. The first kappa shape index (κ1) is 15.6. The third-order valence-electron chi connectivity index (χ3n) is 6.20. The summed E-state index contributed by atoms with van der Waals surface area (Å²) in [6.07, 6.45) is 11.9. The molecule has 3 aliphatic rings. The third-order valence-corrected chi connectivity index (χ3v) is 6.20. The van der Waals surface area contributed by atoms with Crippen molar-refractivity contribution in [2.75, 3.05) is 19.8 Å². The molecule has 1 aromatic rings. The van der Waals surface area contributed by atoms with Crippen LogP contribution in [0.2, 0.25) is 0 Å². The Morgan fingerprint density at radius 1 is 1.17 bits per heavy atom. The Kier molecular flexibility index (Phi) is 4.72. The largest absolute Gasteiger partial charge is 0.381 e. The summed E-state index contributed by atoms with van der Waals surface area (Å²) in [4.78, 5) is 2.69. The lowest BCUT2D eigenvalue weighted by Gasteiger charge is -2.42. The second-order valence-electron chi connectivity index (χ2n) is 7.76. The average molecular weight is 317 g/mol. The molecule has 0 bridgehead atoms. The molecule has 4 nitrogen and oxygen atoms in total. The van der Waals surface area contributed by atoms with Crippen LogP contribution in [0.3, 0.4) is 0 Å². The summed E-state index contributed by atoms with van der Waals surface area (Å²) in [5.74, 6) is 1.35.